The van der Waals surface area contributed by atoms with E-state index >= 15 is 0 Å². The normalized spacial score (nSPS) is 14.1. The molecule has 5 N–H and O–H groups in total. The molecule has 1 atom stereocenters. The summed E-state index contributed by atoms with van der Waals surface area (Å²) in [5.41, 5.74) is 6.54. The van der Waals surface area contributed by atoms with Gasteiger partial charge in [-0.05, 0) is 56.2 Å². The van der Waals surface area contributed by atoms with Crippen molar-refractivity contribution in [3.63, 3.8) is 0 Å². The molecule has 0 unspecified atom stereocenters. The molecule has 1 aliphatic heterocycles. The lowest BCUT2D eigenvalue weighted by Gasteiger charge is -2.26. The Morgan fingerprint density at radius 3 is 2.34 bits per heavy atom. The van der Waals surface area contributed by atoms with Gasteiger partial charge in [0.15, 0.2) is 0 Å². The van der Waals surface area contributed by atoms with E-state index in [2.05, 4.69) is 10.6 Å². The second-order valence-corrected chi connectivity index (χ2v) is 9.99. The number of hydrogen-bond donors (Lipinski definition) is 4. The van der Waals surface area contributed by atoms with Gasteiger partial charge in [0.05, 0.1) is 26.2 Å². The molecule has 1 saturated heterocycles. The number of piperidine rings is 1. The largest absolute Gasteiger partial charge is 0.491 e. The van der Waals surface area contributed by atoms with Crippen molar-refractivity contribution in [3.05, 3.63) is 64.9 Å². The molecule has 13 heteroatoms. The molecule has 236 valence electrons. The molecule has 0 spiro atoms. The van der Waals surface area contributed by atoms with E-state index in [-0.39, 0.29) is 36.9 Å². The van der Waals surface area contributed by atoms with Crippen LogP contribution in [0.3, 0.4) is 0 Å². The van der Waals surface area contributed by atoms with E-state index < -0.39 is 29.8 Å². The molecule has 0 saturated carbocycles. The molecular formula is C31H39N5O8. The molecule has 3 rings (SSSR count). The molecule has 0 aromatic heterocycles. The number of methoxy groups -OCH3 is 1. The Balaban J connectivity index is 1.81. The topological polar surface area (TPSA) is 182 Å². The summed E-state index contributed by atoms with van der Waals surface area (Å²) in [6, 6.07) is 10.4. The van der Waals surface area contributed by atoms with E-state index in [1.807, 2.05) is 5.06 Å². The molecule has 1 aliphatic rings. The van der Waals surface area contributed by atoms with Gasteiger partial charge < -0.3 is 35.4 Å². The van der Waals surface area contributed by atoms with Crippen molar-refractivity contribution in [1.29, 1.82) is 5.41 Å². The quantitative estimate of drug-likeness (QED) is 0.107. The minimum absolute atomic E-state index is 0.149. The third-order valence-electron chi connectivity index (χ3n) is 6.50. The van der Waals surface area contributed by atoms with Gasteiger partial charge in [-0.3, -0.25) is 19.8 Å². The van der Waals surface area contributed by atoms with E-state index in [9.17, 15) is 19.2 Å². The first-order chi connectivity index (χ1) is 21.1. The molecule has 0 radical (unpaired) electrons. The molecule has 13 nitrogen and oxygen atoms in total. The number of rotatable bonds is 14. The van der Waals surface area contributed by atoms with Crippen LogP contribution in [0.2, 0.25) is 0 Å². The first-order valence-corrected chi connectivity index (χ1v) is 14.3. The van der Waals surface area contributed by atoms with Crippen molar-refractivity contribution in [1.82, 2.24) is 15.7 Å². The van der Waals surface area contributed by atoms with Crippen LogP contribution in [0.15, 0.2) is 48.2 Å². The van der Waals surface area contributed by atoms with Crippen molar-refractivity contribution in [2.24, 2.45) is 5.73 Å². The number of amidine groups is 1. The monoisotopic (exact) mass is 609 g/mol. The Labute approximate surface area is 256 Å². The molecule has 1 fully saturated rings. The molecule has 1 heterocycles. The number of nitrogen functional groups attached to an aromatic ring is 1. The van der Waals surface area contributed by atoms with Crippen molar-refractivity contribution in [2.45, 2.75) is 45.6 Å². The van der Waals surface area contributed by atoms with Crippen LogP contribution in [0.25, 0.3) is 6.08 Å². The van der Waals surface area contributed by atoms with Gasteiger partial charge in [0, 0.05) is 36.7 Å². The maximum Gasteiger partial charge on any atom is 0.354 e. The zero-order valence-electron chi connectivity index (χ0n) is 25.1. The summed E-state index contributed by atoms with van der Waals surface area (Å²) in [4.78, 5) is 55.3. The number of nitrogens with zero attached hydrogens (tertiary/aromatic N) is 1. The fourth-order valence-electron chi connectivity index (χ4n) is 4.35. The molecule has 0 bridgehead atoms. The summed E-state index contributed by atoms with van der Waals surface area (Å²) in [6.45, 7) is 4.59. The lowest BCUT2D eigenvalue weighted by atomic mass is 10.1. The van der Waals surface area contributed by atoms with Gasteiger partial charge in [-0.15, -0.1) is 5.06 Å². The van der Waals surface area contributed by atoms with E-state index in [0.717, 1.165) is 25.9 Å². The van der Waals surface area contributed by atoms with Crippen LogP contribution in [0.4, 0.5) is 0 Å². The van der Waals surface area contributed by atoms with Crippen LogP contribution < -0.4 is 25.9 Å². The molecule has 44 heavy (non-hydrogen) atoms. The number of esters is 2. The number of hydroxylamine groups is 2. The molecule has 2 amide bonds. The second-order valence-electron chi connectivity index (χ2n) is 9.99. The zero-order valence-corrected chi connectivity index (χ0v) is 25.1. The Morgan fingerprint density at radius 2 is 1.73 bits per heavy atom. The number of hydrogen-bond acceptors (Lipinski definition) is 10. The van der Waals surface area contributed by atoms with Crippen molar-refractivity contribution < 1.29 is 38.2 Å². The van der Waals surface area contributed by atoms with Gasteiger partial charge in [-0.1, -0.05) is 18.6 Å². The van der Waals surface area contributed by atoms with Crippen LogP contribution in [-0.4, -0.2) is 74.1 Å². The highest BCUT2D eigenvalue weighted by atomic mass is 16.7. The third-order valence-corrected chi connectivity index (χ3v) is 6.50. The number of benzene rings is 2. The molecule has 0 aliphatic carbocycles. The summed E-state index contributed by atoms with van der Waals surface area (Å²) in [7, 11) is 1.17. The van der Waals surface area contributed by atoms with Crippen molar-refractivity contribution in [2.75, 3.05) is 33.4 Å². The Morgan fingerprint density at radius 1 is 1.05 bits per heavy atom. The van der Waals surface area contributed by atoms with Crippen LogP contribution in [0.1, 0.15) is 61.0 Å². The first kappa shape index (κ1) is 33.6. The maximum absolute atomic E-state index is 13.2. The Kier molecular flexibility index (Phi) is 12.7. The average Bonchev–Trinajstić information content (AvgIpc) is 3.00. The third kappa shape index (κ3) is 10.4. The number of ether oxygens (including phenoxy) is 3. The number of amides is 2. The van der Waals surface area contributed by atoms with E-state index in [4.69, 9.17) is 30.2 Å². The average molecular weight is 610 g/mol. The van der Waals surface area contributed by atoms with Crippen LogP contribution in [-0.2, 0) is 23.9 Å². The predicted molar refractivity (Wildman–Crippen MR) is 162 cm³/mol. The fourth-order valence-corrected chi connectivity index (χ4v) is 4.35. The van der Waals surface area contributed by atoms with Crippen molar-refractivity contribution >= 4 is 35.7 Å². The predicted octanol–water partition coefficient (Wildman–Crippen LogP) is 2.53. The van der Waals surface area contributed by atoms with E-state index in [1.54, 1.807) is 43.3 Å². The molecular weight excluding hydrogens is 570 g/mol. The SMILES string of the molecule is CCOC(=O)C[C@H](COc1cc(C(=N)N)ccc1/C=C(\NC(C)=O)C(=O)OC)NC(=O)c1ccc(ON2CCCCC2)cc1. The smallest absolute Gasteiger partial charge is 0.354 e. The molecule has 2 aromatic carbocycles. The van der Waals surface area contributed by atoms with Gasteiger partial charge in [-0.2, -0.15) is 0 Å². The van der Waals surface area contributed by atoms with Crippen LogP contribution in [0.5, 0.6) is 11.5 Å². The number of carbonyl (C=O) groups excluding carboxylic acids is 4. The number of nitrogens with one attached hydrogen (secondary N) is 3. The standard InChI is InChI=1S/C31H39N5O8/c1-4-42-28(38)18-24(35-30(39)21-10-12-25(13-11-21)44-36-14-6-5-7-15-36)19-43-27-17-23(29(32)33)9-8-22(27)16-26(31(40)41-3)34-20(2)37/h8-13,16-17,24H,4-7,14-15,18-19H2,1-3H3,(H3,32,33)(H,34,37)(H,35,39)/b26-16-/t24-/m1/s1. The summed E-state index contributed by atoms with van der Waals surface area (Å²) in [5, 5.41) is 14.9. The summed E-state index contributed by atoms with van der Waals surface area (Å²) in [6.07, 6.45) is 4.49. The van der Waals surface area contributed by atoms with Gasteiger partial charge in [0.2, 0.25) is 5.91 Å². The highest BCUT2D eigenvalue weighted by molar-refractivity contribution is 5.99. The summed E-state index contributed by atoms with van der Waals surface area (Å²) in [5.74, 6) is -1.70. The summed E-state index contributed by atoms with van der Waals surface area (Å²) < 4.78 is 15.9. The van der Waals surface area contributed by atoms with Gasteiger partial charge in [-0.25, -0.2) is 4.79 Å². The Hall–Kier alpha value is -4.91. The fraction of sp³-hybridized carbons (Fsp3) is 0.387. The maximum atomic E-state index is 13.2. The van der Waals surface area contributed by atoms with E-state index in [0.29, 0.717) is 22.4 Å². The van der Waals surface area contributed by atoms with Gasteiger partial charge in [0.25, 0.3) is 5.91 Å². The van der Waals surface area contributed by atoms with Crippen molar-refractivity contribution in [3.8, 4) is 11.5 Å². The first-order valence-electron chi connectivity index (χ1n) is 14.3. The van der Waals surface area contributed by atoms with E-state index in [1.165, 1.54) is 32.6 Å². The van der Waals surface area contributed by atoms with Crippen LogP contribution >= 0.6 is 0 Å². The number of nitrogens with two attached hydrogens (primary N) is 1. The Bertz CT molecular complexity index is 1370. The lowest BCUT2D eigenvalue weighted by Crippen LogP contribution is -2.41. The zero-order chi connectivity index (χ0) is 32.1. The minimum atomic E-state index is -0.820. The van der Waals surface area contributed by atoms with Gasteiger partial charge >= 0.3 is 11.9 Å². The number of carbonyl (C=O) groups is 4. The molecule has 2 aromatic rings. The summed E-state index contributed by atoms with van der Waals surface area (Å²) >= 11 is 0. The lowest BCUT2D eigenvalue weighted by molar-refractivity contribution is -0.143. The highest BCUT2D eigenvalue weighted by Gasteiger charge is 2.21. The highest BCUT2D eigenvalue weighted by Crippen LogP contribution is 2.24. The van der Waals surface area contributed by atoms with Crippen LogP contribution in [0, 0.1) is 5.41 Å². The second kappa shape index (κ2) is 16.7. The minimum Gasteiger partial charge on any atom is -0.491 e. The van der Waals surface area contributed by atoms with Gasteiger partial charge in [0.1, 0.15) is 29.6 Å².